The van der Waals surface area contributed by atoms with Crippen LogP contribution >= 0.6 is 0 Å². The van der Waals surface area contributed by atoms with E-state index < -0.39 is 0 Å². The average Bonchev–Trinajstić information content (AvgIpc) is 2.80. The average molecular weight is 401 g/mol. The predicted molar refractivity (Wildman–Crippen MR) is 116 cm³/mol. The second kappa shape index (κ2) is 8.88. The van der Waals surface area contributed by atoms with E-state index in [9.17, 15) is 14.9 Å². The Kier molecular flexibility index (Phi) is 5.86. The summed E-state index contributed by atoms with van der Waals surface area (Å²) in [6.07, 6.45) is 0. The third kappa shape index (κ3) is 4.55. The van der Waals surface area contributed by atoms with E-state index in [-0.39, 0.29) is 16.5 Å². The number of rotatable bonds is 5. The molecule has 0 spiro atoms. The number of amides is 1. The van der Waals surface area contributed by atoms with Crippen molar-refractivity contribution in [2.75, 3.05) is 26.2 Å². The second-order valence-electron chi connectivity index (χ2n) is 7.44. The molecule has 1 aliphatic heterocycles. The number of hydrogen-bond donors (Lipinski definition) is 0. The first kappa shape index (κ1) is 19.8. The van der Waals surface area contributed by atoms with Gasteiger partial charge in [-0.2, -0.15) is 0 Å². The van der Waals surface area contributed by atoms with E-state index in [0.29, 0.717) is 25.2 Å². The van der Waals surface area contributed by atoms with Crippen LogP contribution in [0.4, 0.5) is 5.69 Å². The summed E-state index contributed by atoms with van der Waals surface area (Å²) in [7, 11) is 0. The van der Waals surface area contributed by atoms with Gasteiger partial charge in [-0.1, -0.05) is 54.6 Å². The lowest BCUT2D eigenvalue weighted by molar-refractivity contribution is -0.384. The molecular weight excluding hydrogens is 378 g/mol. The molecule has 1 saturated heterocycles. The van der Waals surface area contributed by atoms with Crippen molar-refractivity contribution < 1.29 is 9.72 Å². The SMILES string of the molecule is O=C(c1ccc(-c2ccccc2)cc1)N1CCN(Cc2cccc([N+](=O)[O-])c2)CC1. The summed E-state index contributed by atoms with van der Waals surface area (Å²) in [5.41, 5.74) is 3.95. The number of non-ortho nitro benzene ring substituents is 1. The van der Waals surface area contributed by atoms with Crippen LogP contribution in [0.25, 0.3) is 11.1 Å². The van der Waals surface area contributed by atoms with Crippen LogP contribution in [0, 0.1) is 10.1 Å². The van der Waals surface area contributed by atoms with Crippen LogP contribution in [-0.2, 0) is 6.54 Å². The first-order valence-electron chi connectivity index (χ1n) is 10.0. The van der Waals surface area contributed by atoms with E-state index in [0.717, 1.165) is 29.8 Å². The van der Waals surface area contributed by atoms with Gasteiger partial charge in [-0.25, -0.2) is 0 Å². The Balaban J connectivity index is 1.34. The monoisotopic (exact) mass is 401 g/mol. The molecule has 1 heterocycles. The lowest BCUT2D eigenvalue weighted by atomic mass is 10.0. The Morgan fingerprint density at radius 1 is 0.833 bits per heavy atom. The number of hydrogen-bond acceptors (Lipinski definition) is 4. The topological polar surface area (TPSA) is 66.7 Å². The molecule has 1 fully saturated rings. The molecule has 0 atom stereocenters. The highest BCUT2D eigenvalue weighted by Gasteiger charge is 2.22. The number of nitrogens with zero attached hydrogens (tertiary/aromatic N) is 3. The summed E-state index contributed by atoms with van der Waals surface area (Å²) in [5.74, 6) is 0.0459. The summed E-state index contributed by atoms with van der Waals surface area (Å²) >= 11 is 0. The van der Waals surface area contributed by atoms with E-state index in [1.54, 1.807) is 12.1 Å². The number of carbonyl (C=O) groups is 1. The van der Waals surface area contributed by atoms with Gasteiger partial charge in [0, 0.05) is 50.4 Å². The van der Waals surface area contributed by atoms with E-state index in [2.05, 4.69) is 17.0 Å². The highest BCUT2D eigenvalue weighted by atomic mass is 16.6. The van der Waals surface area contributed by atoms with Gasteiger partial charge >= 0.3 is 0 Å². The molecule has 3 aromatic rings. The molecule has 30 heavy (non-hydrogen) atoms. The molecule has 0 radical (unpaired) electrons. The van der Waals surface area contributed by atoms with Gasteiger partial charge in [0.15, 0.2) is 0 Å². The fourth-order valence-corrected chi connectivity index (χ4v) is 3.75. The van der Waals surface area contributed by atoms with Crippen LogP contribution < -0.4 is 0 Å². The molecule has 0 saturated carbocycles. The molecule has 0 aromatic heterocycles. The van der Waals surface area contributed by atoms with Gasteiger partial charge in [-0.3, -0.25) is 19.8 Å². The Bertz CT molecular complexity index is 1030. The standard InChI is InChI=1S/C24H23N3O3/c28-24(22-11-9-21(10-12-22)20-6-2-1-3-7-20)26-15-13-25(14-16-26)18-19-5-4-8-23(17-19)27(29)30/h1-12,17H,13-16,18H2. The van der Waals surface area contributed by atoms with Crippen molar-refractivity contribution in [3.8, 4) is 11.1 Å². The van der Waals surface area contributed by atoms with Gasteiger partial charge in [0.25, 0.3) is 11.6 Å². The van der Waals surface area contributed by atoms with Crippen molar-refractivity contribution in [3.63, 3.8) is 0 Å². The molecule has 6 nitrogen and oxygen atoms in total. The zero-order chi connectivity index (χ0) is 20.9. The van der Waals surface area contributed by atoms with Gasteiger partial charge in [-0.05, 0) is 28.8 Å². The Labute approximate surface area is 175 Å². The Morgan fingerprint density at radius 2 is 1.50 bits per heavy atom. The second-order valence-corrected chi connectivity index (χ2v) is 7.44. The summed E-state index contributed by atoms with van der Waals surface area (Å²) in [4.78, 5) is 27.5. The highest BCUT2D eigenvalue weighted by Crippen LogP contribution is 2.21. The summed E-state index contributed by atoms with van der Waals surface area (Å²) in [6.45, 7) is 3.44. The van der Waals surface area contributed by atoms with Gasteiger partial charge in [-0.15, -0.1) is 0 Å². The largest absolute Gasteiger partial charge is 0.336 e. The molecule has 0 N–H and O–H groups in total. The van der Waals surface area contributed by atoms with Crippen molar-refractivity contribution >= 4 is 11.6 Å². The van der Waals surface area contributed by atoms with Crippen molar-refractivity contribution in [3.05, 3.63) is 100 Å². The van der Waals surface area contributed by atoms with Gasteiger partial charge < -0.3 is 4.90 Å². The molecule has 3 aromatic carbocycles. The Morgan fingerprint density at radius 3 is 2.17 bits per heavy atom. The van der Waals surface area contributed by atoms with Gasteiger partial charge in [0.05, 0.1) is 4.92 Å². The molecule has 0 aliphatic carbocycles. The number of piperazine rings is 1. The first-order chi connectivity index (χ1) is 14.6. The Hall–Kier alpha value is -3.51. The number of benzene rings is 3. The van der Waals surface area contributed by atoms with Gasteiger partial charge in [0.2, 0.25) is 0 Å². The molecule has 4 rings (SSSR count). The van der Waals surface area contributed by atoms with Crippen molar-refractivity contribution in [1.29, 1.82) is 0 Å². The minimum atomic E-state index is -0.372. The first-order valence-corrected chi connectivity index (χ1v) is 10.0. The smallest absolute Gasteiger partial charge is 0.269 e. The van der Waals surface area contributed by atoms with Crippen molar-refractivity contribution in [1.82, 2.24) is 9.80 Å². The highest BCUT2D eigenvalue weighted by molar-refractivity contribution is 5.94. The van der Waals surface area contributed by atoms with Crippen molar-refractivity contribution in [2.45, 2.75) is 6.54 Å². The van der Waals surface area contributed by atoms with Crippen LogP contribution in [0.5, 0.6) is 0 Å². The fourth-order valence-electron chi connectivity index (χ4n) is 3.75. The minimum absolute atomic E-state index is 0.0459. The predicted octanol–water partition coefficient (Wildman–Crippen LogP) is 4.22. The fraction of sp³-hybridized carbons (Fsp3) is 0.208. The zero-order valence-corrected chi connectivity index (χ0v) is 16.6. The normalized spacial score (nSPS) is 14.5. The lowest BCUT2D eigenvalue weighted by Gasteiger charge is -2.34. The van der Waals surface area contributed by atoms with E-state index in [4.69, 9.17) is 0 Å². The minimum Gasteiger partial charge on any atom is -0.336 e. The molecule has 6 heteroatoms. The third-order valence-corrected chi connectivity index (χ3v) is 5.43. The number of nitro groups is 1. The molecule has 0 bridgehead atoms. The summed E-state index contributed by atoms with van der Waals surface area (Å²) in [6, 6.07) is 24.6. The van der Waals surface area contributed by atoms with Crippen LogP contribution in [-0.4, -0.2) is 46.8 Å². The zero-order valence-electron chi connectivity index (χ0n) is 16.6. The molecule has 1 amide bonds. The van der Waals surface area contributed by atoms with Crippen molar-refractivity contribution in [2.24, 2.45) is 0 Å². The van der Waals surface area contributed by atoms with E-state index >= 15 is 0 Å². The molecule has 1 aliphatic rings. The maximum absolute atomic E-state index is 12.9. The number of nitro benzene ring substituents is 1. The van der Waals surface area contributed by atoms with Gasteiger partial charge in [0.1, 0.15) is 0 Å². The van der Waals surface area contributed by atoms with Crippen LogP contribution in [0.1, 0.15) is 15.9 Å². The van der Waals surface area contributed by atoms with E-state index in [1.165, 1.54) is 6.07 Å². The van der Waals surface area contributed by atoms with Crippen LogP contribution in [0.3, 0.4) is 0 Å². The maximum atomic E-state index is 12.9. The number of carbonyl (C=O) groups excluding carboxylic acids is 1. The summed E-state index contributed by atoms with van der Waals surface area (Å²) in [5, 5.41) is 10.9. The van der Waals surface area contributed by atoms with Crippen LogP contribution in [0.15, 0.2) is 78.9 Å². The van der Waals surface area contributed by atoms with E-state index in [1.807, 2.05) is 53.4 Å². The molecule has 0 unspecified atom stereocenters. The molecule has 152 valence electrons. The molecular formula is C24H23N3O3. The quantitative estimate of drug-likeness (QED) is 0.474. The lowest BCUT2D eigenvalue weighted by Crippen LogP contribution is -2.48. The maximum Gasteiger partial charge on any atom is 0.269 e. The third-order valence-electron chi connectivity index (χ3n) is 5.43. The van der Waals surface area contributed by atoms with Crippen LogP contribution in [0.2, 0.25) is 0 Å². The summed E-state index contributed by atoms with van der Waals surface area (Å²) < 4.78 is 0.